The van der Waals surface area contributed by atoms with Gasteiger partial charge in [-0.2, -0.15) is 0 Å². The van der Waals surface area contributed by atoms with Crippen LogP contribution in [0.1, 0.15) is 6.42 Å². The molecular formula is C8H16N2S. The van der Waals surface area contributed by atoms with Crippen LogP contribution in [0.15, 0.2) is 0 Å². The maximum Gasteiger partial charge on any atom is 0.0171 e. The van der Waals surface area contributed by atoms with Gasteiger partial charge in [-0.25, -0.2) is 4.31 Å². The van der Waals surface area contributed by atoms with E-state index < -0.39 is 0 Å². The van der Waals surface area contributed by atoms with Crippen molar-refractivity contribution >= 4 is 11.9 Å². The summed E-state index contributed by atoms with van der Waals surface area (Å²) >= 11 is 1.89. The van der Waals surface area contributed by atoms with Gasteiger partial charge in [-0.3, -0.25) is 0 Å². The molecule has 0 aromatic rings. The molecule has 0 amide bonds. The lowest BCUT2D eigenvalue weighted by molar-refractivity contribution is 0.0919. The highest BCUT2D eigenvalue weighted by molar-refractivity contribution is 7.96. The lowest BCUT2D eigenvalue weighted by Crippen LogP contribution is -2.53. The third-order valence-electron chi connectivity index (χ3n) is 2.91. The summed E-state index contributed by atoms with van der Waals surface area (Å²) in [5.74, 6) is 0. The first-order valence-electron chi connectivity index (χ1n) is 4.22. The van der Waals surface area contributed by atoms with Crippen molar-refractivity contribution in [3.8, 4) is 0 Å². The largest absolute Gasteiger partial charge is 0.306 e. The quantitative estimate of drug-likeness (QED) is 0.543. The summed E-state index contributed by atoms with van der Waals surface area (Å²) in [6, 6.07) is 0. The van der Waals surface area contributed by atoms with Crippen LogP contribution in [0.5, 0.6) is 0 Å². The first kappa shape index (κ1) is 7.90. The Hall–Kier alpha value is 0.270. The molecule has 2 heterocycles. The van der Waals surface area contributed by atoms with E-state index in [9.17, 15) is 0 Å². The van der Waals surface area contributed by atoms with Gasteiger partial charge in [0.15, 0.2) is 0 Å². The first-order valence-corrected chi connectivity index (χ1v) is 5.40. The fraction of sp³-hybridized carbons (Fsp3) is 1.00. The average molecular weight is 172 g/mol. The predicted molar refractivity (Wildman–Crippen MR) is 49.6 cm³/mol. The zero-order valence-electron chi connectivity index (χ0n) is 7.34. The van der Waals surface area contributed by atoms with Gasteiger partial charge in [-0.1, -0.05) is 11.9 Å². The molecule has 0 bridgehead atoms. The monoisotopic (exact) mass is 172 g/mol. The van der Waals surface area contributed by atoms with Gasteiger partial charge < -0.3 is 4.90 Å². The van der Waals surface area contributed by atoms with E-state index in [0.717, 1.165) is 0 Å². The van der Waals surface area contributed by atoms with E-state index in [1.54, 1.807) is 0 Å². The number of hydrogen-bond donors (Lipinski definition) is 0. The molecule has 11 heavy (non-hydrogen) atoms. The number of nitrogens with zero attached hydrogens (tertiary/aromatic N) is 2. The molecule has 2 aliphatic rings. The maximum absolute atomic E-state index is 2.46. The molecule has 0 aliphatic carbocycles. The molecule has 0 aromatic heterocycles. The zero-order valence-corrected chi connectivity index (χ0v) is 8.15. The second kappa shape index (κ2) is 2.64. The number of rotatable bonds is 1. The van der Waals surface area contributed by atoms with Gasteiger partial charge >= 0.3 is 0 Å². The third-order valence-corrected chi connectivity index (χ3v) is 3.69. The van der Waals surface area contributed by atoms with Gasteiger partial charge in [0, 0.05) is 25.0 Å². The highest BCUT2D eigenvalue weighted by Gasteiger charge is 2.46. The van der Waals surface area contributed by atoms with Crippen molar-refractivity contribution in [2.45, 2.75) is 6.42 Å². The molecule has 0 radical (unpaired) electrons. The van der Waals surface area contributed by atoms with Crippen molar-refractivity contribution < 1.29 is 0 Å². The minimum Gasteiger partial charge on any atom is -0.306 e. The first-order chi connectivity index (χ1) is 5.24. The van der Waals surface area contributed by atoms with Crippen LogP contribution in [-0.4, -0.2) is 48.7 Å². The van der Waals surface area contributed by atoms with Crippen molar-refractivity contribution in [3.63, 3.8) is 0 Å². The Morgan fingerprint density at radius 2 is 2.00 bits per heavy atom. The van der Waals surface area contributed by atoms with E-state index in [1.165, 1.54) is 32.6 Å². The molecule has 0 saturated carbocycles. The highest BCUT2D eigenvalue weighted by atomic mass is 32.2. The molecule has 1 spiro atoms. The van der Waals surface area contributed by atoms with Crippen LogP contribution in [0.2, 0.25) is 0 Å². The normalized spacial score (nSPS) is 31.1. The molecule has 0 unspecified atom stereocenters. The third kappa shape index (κ3) is 1.30. The summed E-state index contributed by atoms with van der Waals surface area (Å²) in [5, 5.41) is 0. The van der Waals surface area contributed by atoms with Crippen LogP contribution in [0, 0.1) is 5.41 Å². The van der Waals surface area contributed by atoms with Crippen molar-refractivity contribution in [3.05, 3.63) is 0 Å². The Labute approximate surface area is 73.1 Å². The summed E-state index contributed by atoms with van der Waals surface area (Å²) in [5.41, 5.74) is 0.692. The number of likely N-dealkylation sites (tertiary alicyclic amines) is 1. The van der Waals surface area contributed by atoms with Gasteiger partial charge in [0.2, 0.25) is 0 Å². The van der Waals surface area contributed by atoms with Crippen LogP contribution < -0.4 is 0 Å². The summed E-state index contributed by atoms with van der Waals surface area (Å²) in [6.45, 7) is 5.27. The van der Waals surface area contributed by atoms with E-state index in [1.807, 2.05) is 11.9 Å². The Morgan fingerprint density at radius 3 is 2.45 bits per heavy atom. The van der Waals surface area contributed by atoms with E-state index in [-0.39, 0.29) is 0 Å². The fourth-order valence-corrected chi connectivity index (χ4v) is 3.05. The Balaban J connectivity index is 1.87. The summed E-state index contributed by atoms with van der Waals surface area (Å²) < 4.78 is 2.46. The molecular weight excluding hydrogens is 156 g/mol. The average Bonchev–Trinajstić information content (AvgIpc) is 2.28. The summed E-state index contributed by atoms with van der Waals surface area (Å²) in [7, 11) is 2.23. The SMILES string of the molecule is CSN1CC2(CCN(C)C2)C1. The lowest BCUT2D eigenvalue weighted by Gasteiger charge is -2.46. The minimum atomic E-state index is 0.692. The second-order valence-corrected chi connectivity index (χ2v) is 4.85. The van der Waals surface area contributed by atoms with Crippen LogP contribution in [-0.2, 0) is 0 Å². The minimum absolute atomic E-state index is 0.692. The van der Waals surface area contributed by atoms with Gasteiger partial charge in [-0.05, 0) is 26.3 Å². The summed E-state index contributed by atoms with van der Waals surface area (Å²) in [6.07, 6.45) is 3.59. The van der Waals surface area contributed by atoms with Gasteiger partial charge in [0.25, 0.3) is 0 Å². The Bertz CT molecular complexity index is 154. The highest BCUT2D eigenvalue weighted by Crippen LogP contribution is 2.41. The Kier molecular flexibility index (Phi) is 1.90. The molecule has 0 aromatic carbocycles. The molecule has 0 atom stereocenters. The number of hydrogen-bond acceptors (Lipinski definition) is 3. The maximum atomic E-state index is 2.46. The van der Waals surface area contributed by atoms with Gasteiger partial charge in [0.05, 0.1) is 0 Å². The molecule has 64 valence electrons. The van der Waals surface area contributed by atoms with Crippen LogP contribution in [0.25, 0.3) is 0 Å². The molecule has 2 rings (SSSR count). The standard InChI is InChI=1S/C8H16N2S/c1-9-4-3-8(5-9)6-10(7-8)11-2/h3-7H2,1-2H3. The van der Waals surface area contributed by atoms with E-state index in [2.05, 4.69) is 22.5 Å². The van der Waals surface area contributed by atoms with Crippen LogP contribution in [0.3, 0.4) is 0 Å². The zero-order chi connectivity index (χ0) is 7.90. The lowest BCUT2D eigenvalue weighted by atomic mass is 9.81. The molecule has 2 saturated heterocycles. The van der Waals surface area contributed by atoms with Gasteiger partial charge in [0.1, 0.15) is 0 Å². The van der Waals surface area contributed by atoms with Crippen molar-refractivity contribution in [2.75, 3.05) is 39.5 Å². The van der Waals surface area contributed by atoms with Crippen molar-refractivity contribution in [2.24, 2.45) is 5.41 Å². The van der Waals surface area contributed by atoms with Crippen LogP contribution in [0.4, 0.5) is 0 Å². The van der Waals surface area contributed by atoms with E-state index in [0.29, 0.717) is 5.41 Å². The predicted octanol–water partition coefficient (Wildman–Crippen LogP) is 0.902. The van der Waals surface area contributed by atoms with Gasteiger partial charge in [-0.15, -0.1) is 0 Å². The van der Waals surface area contributed by atoms with Crippen molar-refractivity contribution in [1.29, 1.82) is 0 Å². The molecule has 2 nitrogen and oxygen atoms in total. The summed E-state index contributed by atoms with van der Waals surface area (Å²) in [4.78, 5) is 2.46. The van der Waals surface area contributed by atoms with Crippen molar-refractivity contribution in [1.82, 2.24) is 9.21 Å². The topological polar surface area (TPSA) is 6.48 Å². The molecule has 0 N–H and O–H groups in total. The Morgan fingerprint density at radius 1 is 1.27 bits per heavy atom. The van der Waals surface area contributed by atoms with E-state index in [4.69, 9.17) is 0 Å². The fourth-order valence-electron chi connectivity index (χ4n) is 2.25. The molecule has 3 heteroatoms. The van der Waals surface area contributed by atoms with E-state index >= 15 is 0 Å². The molecule has 2 fully saturated rings. The smallest absolute Gasteiger partial charge is 0.0171 e. The van der Waals surface area contributed by atoms with Crippen LogP contribution >= 0.6 is 11.9 Å². The second-order valence-electron chi connectivity index (χ2n) is 3.97. The molecule has 2 aliphatic heterocycles.